The maximum atomic E-state index is 9.74. The van der Waals surface area contributed by atoms with Crippen LogP contribution in [0.5, 0.6) is 5.75 Å². The Hall–Kier alpha value is -0.770. The summed E-state index contributed by atoms with van der Waals surface area (Å²) >= 11 is 0. The minimum absolute atomic E-state index is 0. The van der Waals surface area contributed by atoms with Gasteiger partial charge in [-0.3, -0.25) is 0 Å². The third-order valence-corrected chi connectivity index (χ3v) is 2.66. The van der Waals surface area contributed by atoms with Crippen molar-refractivity contribution in [2.24, 2.45) is 0 Å². The molecular formula is C11H16ClNO2. The van der Waals surface area contributed by atoms with Crippen LogP contribution in [0.25, 0.3) is 0 Å². The Morgan fingerprint density at radius 1 is 1.40 bits per heavy atom. The second-order valence-electron chi connectivity index (χ2n) is 3.53. The lowest BCUT2D eigenvalue weighted by molar-refractivity contribution is 0.158. The summed E-state index contributed by atoms with van der Waals surface area (Å²) in [6.07, 6.45) is 0.509. The van der Waals surface area contributed by atoms with Crippen LogP contribution in [0.4, 0.5) is 0 Å². The molecule has 0 saturated carbocycles. The molecule has 0 spiro atoms. The van der Waals surface area contributed by atoms with E-state index in [1.807, 2.05) is 24.3 Å². The van der Waals surface area contributed by atoms with Gasteiger partial charge in [0, 0.05) is 5.56 Å². The Labute approximate surface area is 95.9 Å². The molecule has 0 aromatic heterocycles. The molecule has 84 valence electrons. The summed E-state index contributed by atoms with van der Waals surface area (Å²) in [7, 11) is 1.65. The second kappa shape index (κ2) is 5.35. The molecule has 1 aliphatic rings. The van der Waals surface area contributed by atoms with Crippen LogP contribution in [0.3, 0.4) is 0 Å². The first kappa shape index (κ1) is 12.3. The first-order valence-corrected chi connectivity index (χ1v) is 4.87. The molecule has 1 aliphatic heterocycles. The van der Waals surface area contributed by atoms with Crippen LogP contribution in [0.2, 0.25) is 0 Å². The monoisotopic (exact) mass is 229 g/mol. The van der Waals surface area contributed by atoms with E-state index >= 15 is 0 Å². The van der Waals surface area contributed by atoms with Gasteiger partial charge >= 0.3 is 0 Å². The van der Waals surface area contributed by atoms with Crippen LogP contribution in [0.1, 0.15) is 18.0 Å². The smallest absolute Gasteiger partial charge is 0.123 e. The minimum Gasteiger partial charge on any atom is -0.496 e. The summed E-state index contributed by atoms with van der Waals surface area (Å²) < 4.78 is 5.25. The summed E-state index contributed by atoms with van der Waals surface area (Å²) in [6, 6.07) is 7.83. The first-order chi connectivity index (χ1) is 6.83. The van der Waals surface area contributed by atoms with Gasteiger partial charge in [-0.1, -0.05) is 18.2 Å². The molecule has 2 N–H and O–H groups in total. The maximum Gasteiger partial charge on any atom is 0.123 e. The number of hydrogen-bond donors (Lipinski definition) is 2. The van der Waals surface area contributed by atoms with Gasteiger partial charge in [0.05, 0.1) is 19.3 Å². The lowest BCUT2D eigenvalue weighted by Gasteiger charge is -2.17. The number of rotatable bonds is 2. The van der Waals surface area contributed by atoms with Gasteiger partial charge in [-0.15, -0.1) is 12.4 Å². The summed E-state index contributed by atoms with van der Waals surface area (Å²) in [6.45, 7) is 0.865. The SMILES string of the molecule is COc1ccccc1C1NCCC1O.Cl. The number of halogens is 1. The average Bonchev–Trinajstić information content (AvgIpc) is 2.64. The highest BCUT2D eigenvalue weighted by molar-refractivity contribution is 5.85. The molecule has 2 unspecified atom stereocenters. The molecule has 1 saturated heterocycles. The van der Waals surface area contributed by atoms with E-state index in [1.54, 1.807) is 7.11 Å². The lowest BCUT2D eigenvalue weighted by atomic mass is 10.0. The van der Waals surface area contributed by atoms with Gasteiger partial charge < -0.3 is 15.2 Å². The van der Waals surface area contributed by atoms with E-state index in [9.17, 15) is 5.11 Å². The molecule has 0 aliphatic carbocycles. The van der Waals surface area contributed by atoms with E-state index in [4.69, 9.17) is 4.74 Å². The summed E-state index contributed by atoms with van der Waals surface area (Å²) in [5.74, 6) is 0.839. The van der Waals surface area contributed by atoms with Gasteiger partial charge in [0.25, 0.3) is 0 Å². The lowest BCUT2D eigenvalue weighted by Crippen LogP contribution is -2.21. The Morgan fingerprint density at radius 3 is 2.73 bits per heavy atom. The fourth-order valence-corrected chi connectivity index (χ4v) is 1.93. The van der Waals surface area contributed by atoms with Crippen LogP contribution in [-0.4, -0.2) is 24.9 Å². The van der Waals surface area contributed by atoms with Crippen molar-refractivity contribution in [3.05, 3.63) is 29.8 Å². The van der Waals surface area contributed by atoms with Crippen LogP contribution in [0, 0.1) is 0 Å². The topological polar surface area (TPSA) is 41.5 Å². The van der Waals surface area contributed by atoms with Crippen LogP contribution in [0.15, 0.2) is 24.3 Å². The molecule has 0 radical (unpaired) electrons. The fraction of sp³-hybridized carbons (Fsp3) is 0.455. The molecule has 1 fully saturated rings. The Bertz CT molecular complexity index is 319. The predicted octanol–water partition coefficient (Wildman–Crippen LogP) is 1.51. The number of aliphatic hydroxyl groups is 1. The van der Waals surface area contributed by atoms with Gasteiger partial charge in [0.15, 0.2) is 0 Å². The molecule has 0 bridgehead atoms. The molecule has 3 nitrogen and oxygen atoms in total. The van der Waals surface area contributed by atoms with E-state index in [2.05, 4.69) is 5.32 Å². The maximum absolute atomic E-state index is 9.74. The van der Waals surface area contributed by atoms with Crippen molar-refractivity contribution < 1.29 is 9.84 Å². The molecular weight excluding hydrogens is 214 g/mol. The summed E-state index contributed by atoms with van der Waals surface area (Å²) in [5, 5.41) is 13.0. The van der Waals surface area contributed by atoms with Gasteiger partial charge in [-0.05, 0) is 19.0 Å². The van der Waals surface area contributed by atoms with Crippen molar-refractivity contribution in [3.8, 4) is 5.75 Å². The van der Waals surface area contributed by atoms with E-state index < -0.39 is 0 Å². The Balaban J connectivity index is 0.00000112. The zero-order valence-electron chi connectivity index (χ0n) is 8.64. The van der Waals surface area contributed by atoms with E-state index in [1.165, 1.54) is 0 Å². The Kier molecular flexibility index (Phi) is 4.39. The fourth-order valence-electron chi connectivity index (χ4n) is 1.93. The van der Waals surface area contributed by atoms with Crippen LogP contribution < -0.4 is 10.1 Å². The number of benzene rings is 1. The predicted molar refractivity (Wildman–Crippen MR) is 61.6 cm³/mol. The number of nitrogens with one attached hydrogen (secondary N) is 1. The highest BCUT2D eigenvalue weighted by Crippen LogP contribution is 2.30. The third kappa shape index (κ3) is 2.43. The molecule has 2 rings (SSSR count). The largest absolute Gasteiger partial charge is 0.496 e. The highest BCUT2D eigenvalue weighted by Gasteiger charge is 2.27. The van der Waals surface area contributed by atoms with Crippen molar-refractivity contribution in [1.82, 2.24) is 5.32 Å². The molecule has 2 atom stereocenters. The molecule has 0 amide bonds. The quantitative estimate of drug-likeness (QED) is 0.808. The van der Waals surface area contributed by atoms with E-state index in [-0.39, 0.29) is 24.6 Å². The first-order valence-electron chi connectivity index (χ1n) is 4.87. The number of ether oxygens (including phenoxy) is 1. The van der Waals surface area contributed by atoms with Crippen molar-refractivity contribution in [2.75, 3.05) is 13.7 Å². The normalized spacial score (nSPS) is 24.7. The van der Waals surface area contributed by atoms with Crippen molar-refractivity contribution in [2.45, 2.75) is 18.6 Å². The van der Waals surface area contributed by atoms with Crippen LogP contribution >= 0.6 is 12.4 Å². The Morgan fingerprint density at radius 2 is 2.13 bits per heavy atom. The number of hydrogen-bond acceptors (Lipinski definition) is 3. The highest BCUT2D eigenvalue weighted by atomic mass is 35.5. The number of para-hydroxylation sites is 1. The standard InChI is InChI=1S/C11H15NO2.ClH/c1-14-10-5-3-2-4-8(10)11-9(13)6-7-12-11;/h2-5,9,11-13H,6-7H2,1H3;1H. The third-order valence-electron chi connectivity index (χ3n) is 2.66. The van der Waals surface area contributed by atoms with Gasteiger partial charge in [-0.2, -0.15) is 0 Å². The van der Waals surface area contributed by atoms with Crippen molar-refractivity contribution in [1.29, 1.82) is 0 Å². The number of aliphatic hydroxyl groups excluding tert-OH is 1. The summed E-state index contributed by atoms with van der Waals surface area (Å²) in [5.41, 5.74) is 1.04. The second-order valence-corrected chi connectivity index (χ2v) is 3.53. The summed E-state index contributed by atoms with van der Waals surface area (Å²) in [4.78, 5) is 0. The molecule has 1 aromatic rings. The molecule has 4 heteroatoms. The van der Waals surface area contributed by atoms with E-state index in [0.717, 1.165) is 24.3 Å². The number of methoxy groups -OCH3 is 1. The van der Waals surface area contributed by atoms with E-state index in [0.29, 0.717) is 0 Å². The molecule has 15 heavy (non-hydrogen) atoms. The van der Waals surface area contributed by atoms with Gasteiger partial charge in [0.1, 0.15) is 5.75 Å². The van der Waals surface area contributed by atoms with Crippen LogP contribution in [-0.2, 0) is 0 Å². The van der Waals surface area contributed by atoms with Gasteiger partial charge in [0.2, 0.25) is 0 Å². The molecule has 1 aromatic carbocycles. The minimum atomic E-state index is -0.300. The average molecular weight is 230 g/mol. The molecule has 1 heterocycles. The zero-order chi connectivity index (χ0) is 9.97. The zero-order valence-corrected chi connectivity index (χ0v) is 9.46. The van der Waals surface area contributed by atoms with Crippen molar-refractivity contribution >= 4 is 12.4 Å². The van der Waals surface area contributed by atoms with Gasteiger partial charge in [-0.25, -0.2) is 0 Å². The van der Waals surface area contributed by atoms with Crippen molar-refractivity contribution in [3.63, 3.8) is 0 Å².